The molecular weight excluding hydrogens is 268 g/mol. The predicted octanol–water partition coefficient (Wildman–Crippen LogP) is 2.57. The van der Waals surface area contributed by atoms with Gasteiger partial charge in [0.25, 0.3) is 0 Å². The number of hydrogen-bond acceptors (Lipinski definition) is 2. The zero-order valence-corrected chi connectivity index (χ0v) is 11.9. The molecule has 1 aromatic carbocycles. The smallest absolute Gasteiger partial charge is 0.321 e. The molecule has 1 aliphatic heterocycles. The van der Waals surface area contributed by atoms with Gasteiger partial charge in [0, 0.05) is 24.7 Å². The van der Waals surface area contributed by atoms with Gasteiger partial charge in [0.05, 0.1) is 6.42 Å². The largest absolute Gasteiger partial charge is 0.481 e. The minimum absolute atomic E-state index is 0.0584. The van der Waals surface area contributed by atoms with Gasteiger partial charge in [-0.25, -0.2) is 4.79 Å². The lowest BCUT2D eigenvalue weighted by atomic mass is 9.98. The van der Waals surface area contributed by atoms with E-state index in [9.17, 15) is 9.59 Å². The van der Waals surface area contributed by atoms with Crippen LogP contribution < -0.4 is 10.2 Å². The standard InChI is InChI=1S/C16H20N2O3/c19-15(20)9-12-10-18(14-4-2-1-3-13(12)14)16(21)17-8-7-11-5-6-11/h1-4,11-12H,5-10H2,(H,17,21)(H,19,20). The molecule has 2 aliphatic rings. The fraction of sp³-hybridized carbons (Fsp3) is 0.500. The summed E-state index contributed by atoms with van der Waals surface area (Å²) in [5, 5.41) is 12.0. The first-order valence-corrected chi connectivity index (χ1v) is 7.51. The molecule has 1 unspecified atom stereocenters. The van der Waals surface area contributed by atoms with Crippen LogP contribution in [0.5, 0.6) is 0 Å². The third-order valence-corrected chi connectivity index (χ3v) is 4.26. The summed E-state index contributed by atoms with van der Waals surface area (Å²) in [5.74, 6) is -0.158. The molecule has 5 nitrogen and oxygen atoms in total. The number of hydrogen-bond donors (Lipinski definition) is 2. The second-order valence-electron chi connectivity index (χ2n) is 5.93. The van der Waals surface area contributed by atoms with Crippen molar-refractivity contribution in [1.82, 2.24) is 5.32 Å². The van der Waals surface area contributed by atoms with E-state index in [1.807, 2.05) is 24.3 Å². The molecular formula is C16H20N2O3. The van der Waals surface area contributed by atoms with Crippen LogP contribution in [-0.4, -0.2) is 30.2 Å². The third kappa shape index (κ3) is 3.17. The molecule has 1 fully saturated rings. The van der Waals surface area contributed by atoms with Crippen molar-refractivity contribution in [3.8, 4) is 0 Å². The van der Waals surface area contributed by atoms with Crippen LogP contribution in [0.25, 0.3) is 0 Å². The maximum atomic E-state index is 12.3. The van der Waals surface area contributed by atoms with Crippen molar-refractivity contribution < 1.29 is 14.7 Å². The van der Waals surface area contributed by atoms with E-state index < -0.39 is 5.97 Å². The number of anilines is 1. The molecule has 1 aromatic rings. The number of amides is 2. The molecule has 1 saturated carbocycles. The minimum atomic E-state index is -0.828. The zero-order valence-electron chi connectivity index (χ0n) is 11.9. The summed E-state index contributed by atoms with van der Waals surface area (Å²) in [6, 6.07) is 7.46. The molecule has 3 rings (SSSR count). The Bertz CT molecular complexity index is 554. The summed E-state index contributed by atoms with van der Waals surface area (Å²) in [6.07, 6.45) is 3.66. The number of carboxylic acids is 1. The number of carboxylic acid groups (broad SMARTS) is 1. The highest BCUT2D eigenvalue weighted by Gasteiger charge is 2.33. The summed E-state index contributed by atoms with van der Waals surface area (Å²) >= 11 is 0. The van der Waals surface area contributed by atoms with Crippen molar-refractivity contribution in [2.45, 2.75) is 31.6 Å². The summed E-state index contributed by atoms with van der Waals surface area (Å²) in [6.45, 7) is 1.15. The number of nitrogens with zero attached hydrogens (tertiary/aromatic N) is 1. The number of para-hydroxylation sites is 1. The Labute approximate surface area is 123 Å². The van der Waals surface area contributed by atoms with Crippen LogP contribution in [0, 0.1) is 5.92 Å². The Balaban J connectivity index is 1.67. The van der Waals surface area contributed by atoms with Gasteiger partial charge in [-0.2, -0.15) is 0 Å². The van der Waals surface area contributed by atoms with E-state index in [4.69, 9.17) is 5.11 Å². The van der Waals surface area contributed by atoms with E-state index in [1.165, 1.54) is 12.8 Å². The van der Waals surface area contributed by atoms with Crippen molar-refractivity contribution in [1.29, 1.82) is 0 Å². The van der Waals surface area contributed by atoms with Gasteiger partial charge in [-0.05, 0) is 24.0 Å². The van der Waals surface area contributed by atoms with Gasteiger partial charge in [0.15, 0.2) is 0 Å². The van der Waals surface area contributed by atoms with E-state index in [0.29, 0.717) is 13.1 Å². The highest BCUT2D eigenvalue weighted by molar-refractivity contribution is 5.95. The van der Waals surface area contributed by atoms with Gasteiger partial charge in [0.1, 0.15) is 0 Å². The molecule has 1 aliphatic carbocycles. The van der Waals surface area contributed by atoms with E-state index in [-0.39, 0.29) is 18.4 Å². The maximum Gasteiger partial charge on any atom is 0.321 e. The van der Waals surface area contributed by atoms with E-state index in [2.05, 4.69) is 5.32 Å². The number of carbonyl (C=O) groups excluding carboxylic acids is 1. The number of nitrogens with one attached hydrogen (secondary N) is 1. The highest BCUT2D eigenvalue weighted by atomic mass is 16.4. The first kappa shape index (κ1) is 13.9. The molecule has 0 spiro atoms. The van der Waals surface area contributed by atoms with Crippen molar-refractivity contribution in [3.63, 3.8) is 0 Å². The van der Waals surface area contributed by atoms with E-state index in [1.54, 1.807) is 4.90 Å². The first-order valence-electron chi connectivity index (χ1n) is 7.51. The number of urea groups is 1. The molecule has 112 valence electrons. The van der Waals surface area contributed by atoms with Gasteiger partial charge >= 0.3 is 12.0 Å². The van der Waals surface area contributed by atoms with Crippen LogP contribution >= 0.6 is 0 Å². The number of carbonyl (C=O) groups is 2. The Morgan fingerprint density at radius 3 is 2.76 bits per heavy atom. The molecule has 5 heteroatoms. The van der Waals surface area contributed by atoms with Gasteiger partial charge in [0.2, 0.25) is 0 Å². The molecule has 0 saturated heterocycles. The Kier molecular flexibility index (Phi) is 3.82. The number of fused-ring (bicyclic) bond motifs is 1. The van der Waals surface area contributed by atoms with Gasteiger partial charge in [-0.1, -0.05) is 31.0 Å². The molecule has 2 N–H and O–H groups in total. The monoisotopic (exact) mass is 288 g/mol. The maximum absolute atomic E-state index is 12.3. The number of rotatable bonds is 5. The fourth-order valence-electron chi connectivity index (χ4n) is 2.96. The second-order valence-corrected chi connectivity index (χ2v) is 5.93. The lowest BCUT2D eigenvalue weighted by Crippen LogP contribution is -2.40. The van der Waals surface area contributed by atoms with Crippen molar-refractivity contribution >= 4 is 17.7 Å². The SMILES string of the molecule is O=C(O)CC1CN(C(=O)NCCC2CC2)c2ccccc21. The molecule has 1 atom stereocenters. The van der Waals surface area contributed by atoms with E-state index >= 15 is 0 Å². The predicted molar refractivity (Wildman–Crippen MR) is 79.5 cm³/mol. The van der Waals surface area contributed by atoms with Crippen LogP contribution in [0.1, 0.15) is 37.2 Å². The van der Waals surface area contributed by atoms with Crippen LogP contribution in [0.15, 0.2) is 24.3 Å². The third-order valence-electron chi connectivity index (χ3n) is 4.26. The summed E-state index contributed by atoms with van der Waals surface area (Å²) in [5.41, 5.74) is 1.80. The Morgan fingerprint density at radius 2 is 2.05 bits per heavy atom. The zero-order chi connectivity index (χ0) is 14.8. The molecule has 2 amide bonds. The minimum Gasteiger partial charge on any atom is -0.481 e. The average Bonchev–Trinajstić information content (AvgIpc) is 3.21. The van der Waals surface area contributed by atoms with Gasteiger partial charge in [-0.3, -0.25) is 9.69 Å². The highest BCUT2D eigenvalue weighted by Crippen LogP contribution is 2.38. The Morgan fingerprint density at radius 1 is 1.29 bits per heavy atom. The molecule has 0 bridgehead atoms. The number of benzene rings is 1. The number of aliphatic carboxylic acids is 1. The van der Waals surface area contributed by atoms with Crippen LogP contribution in [0.4, 0.5) is 10.5 Å². The second kappa shape index (κ2) is 5.76. The van der Waals surface area contributed by atoms with Crippen LogP contribution in [-0.2, 0) is 4.79 Å². The van der Waals surface area contributed by atoms with E-state index in [0.717, 1.165) is 23.6 Å². The molecule has 0 radical (unpaired) electrons. The summed E-state index contributed by atoms with van der Waals surface area (Å²) in [4.78, 5) is 25.0. The topological polar surface area (TPSA) is 69.6 Å². The molecule has 1 heterocycles. The van der Waals surface area contributed by atoms with Gasteiger partial charge < -0.3 is 10.4 Å². The summed E-state index contributed by atoms with van der Waals surface area (Å²) in [7, 11) is 0. The average molecular weight is 288 g/mol. The summed E-state index contributed by atoms with van der Waals surface area (Å²) < 4.78 is 0. The Hall–Kier alpha value is -2.04. The quantitative estimate of drug-likeness (QED) is 0.875. The normalized spacial score (nSPS) is 20.2. The molecule has 0 aromatic heterocycles. The lowest BCUT2D eigenvalue weighted by Gasteiger charge is -2.18. The van der Waals surface area contributed by atoms with Crippen molar-refractivity contribution in [2.75, 3.05) is 18.0 Å². The van der Waals surface area contributed by atoms with Crippen LogP contribution in [0.3, 0.4) is 0 Å². The molecule has 21 heavy (non-hydrogen) atoms. The van der Waals surface area contributed by atoms with Crippen LogP contribution in [0.2, 0.25) is 0 Å². The van der Waals surface area contributed by atoms with Crippen molar-refractivity contribution in [3.05, 3.63) is 29.8 Å². The fourth-order valence-corrected chi connectivity index (χ4v) is 2.96. The first-order chi connectivity index (χ1) is 10.1. The van der Waals surface area contributed by atoms with Gasteiger partial charge in [-0.15, -0.1) is 0 Å². The van der Waals surface area contributed by atoms with Crippen molar-refractivity contribution in [2.24, 2.45) is 5.92 Å². The lowest BCUT2D eigenvalue weighted by molar-refractivity contribution is -0.137.